The molecule has 5 nitrogen and oxygen atoms in total. The Hall–Kier alpha value is -1.02. The standard InChI is InChI=1S/C16H28N4O.HI/c1-6-11-18-16(17-2)19-12-14(20(3)4)13-9-7-8-10-15(13)21-5;/h7-10,14H,6,11-12H2,1-5H3,(H2,17,18,19);1H. The predicted molar refractivity (Wildman–Crippen MR) is 104 cm³/mol. The molecule has 0 saturated heterocycles. The molecule has 0 radical (unpaired) electrons. The molecule has 0 bridgehead atoms. The van der Waals surface area contributed by atoms with Gasteiger partial charge in [-0.3, -0.25) is 4.99 Å². The minimum Gasteiger partial charge on any atom is -0.496 e. The van der Waals surface area contributed by atoms with Gasteiger partial charge < -0.3 is 20.3 Å². The minimum atomic E-state index is 0. The van der Waals surface area contributed by atoms with Gasteiger partial charge in [0.15, 0.2) is 5.96 Å². The van der Waals surface area contributed by atoms with Crippen molar-refractivity contribution in [2.24, 2.45) is 4.99 Å². The van der Waals surface area contributed by atoms with E-state index in [9.17, 15) is 0 Å². The largest absolute Gasteiger partial charge is 0.496 e. The monoisotopic (exact) mass is 420 g/mol. The molecule has 0 amide bonds. The van der Waals surface area contributed by atoms with Crippen molar-refractivity contribution >= 4 is 29.9 Å². The smallest absolute Gasteiger partial charge is 0.191 e. The molecule has 0 heterocycles. The van der Waals surface area contributed by atoms with Crippen molar-refractivity contribution in [2.45, 2.75) is 19.4 Å². The number of nitrogens with one attached hydrogen (secondary N) is 2. The third-order valence-electron chi connectivity index (χ3n) is 3.35. The first kappa shape index (κ1) is 21.0. The first-order valence-electron chi connectivity index (χ1n) is 7.37. The molecule has 1 rings (SSSR count). The Labute approximate surface area is 151 Å². The topological polar surface area (TPSA) is 48.9 Å². The molecular formula is C16H29IN4O. The lowest BCUT2D eigenvalue weighted by Gasteiger charge is -2.27. The molecular weight excluding hydrogens is 391 g/mol. The molecule has 0 saturated carbocycles. The van der Waals surface area contributed by atoms with Crippen molar-refractivity contribution in [1.82, 2.24) is 15.5 Å². The summed E-state index contributed by atoms with van der Waals surface area (Å²) in [6.45, 7) is 3.81. The highest BCUT2D eigenvalue weighted by molar-refractivity contribution is 14.0. The van der Waals surface area contributed by atoms with Crippen molar-refractivity contribution in [3.8, 4) is 5.75 Å². The maximum absolute atomic E-state index is 5.47. The number of methoxy groups -OCH3 is 1. The second kappa shape index (κ2) is 11.5. The minimum absolute atomic E-state index is 0. The van der Waals surface area contributed by atoms with Crippen LogP contribution in [0.15, 0.2) is 29.3 Å². The number of para-hydroxylation sites is 1. The van der Waals surface area contributed by atoms with Gasteiger partial charge in [0, 0.05) is 25.7 Å². The Kier molecular flexibility index (Phi) is 11.0. The summed E-state index contributed by atoms with van der Waals surface area (Å²) in [7, 11) is 7.64. The number of halogens is 1. The van der Waals surface area contributed by atoms with Gasteiger partial charge in [0.25, 0.3) is 0 Å². The van der Waals surface area contributed by atoms with Crippen LogP contribution in [0.4, 0.5) is 0 Å². The van der Waals surface area contributed by atoms with Crippen molar-refractivity contribution in [3.63, 3.8) is 0 Å². The van der Waals surface area contributed by atoms with Gasteiger partial charge in [0.1, 0.15) is 5.75 Å². The zero-order chi connectivity index (χ0) is 15.7. The van der Waals surface area contributed by atoms with E-state index in [4.69, 9.17) is 4.74 Å². The van der Waals surface area contributed by atoms with E-state index < -0.39 is 0 Å². The maximum Gasteiger partial charge on any atom is 0.191 e. The molecule has 0 aliphatic heterocycles. The Morgan fingerprint density at radius 1 is 1.27 bits per heavy atom. The zero-order valence-corrected chi connectivity index (χ0v) is 16.5. The van der Waals surface area contributed by atoms with Crippen molar-refractivity contribution < 1.29 is 4.74 Å². The van der Waals surface area contributed by atoms with E-state index in [1.165, 1.54) is 5.56 Å². The van der Waals surface area contributed by atoms with Gasteiger partial charge in [0.2, 0.25) is 0 Å². The van der Waals surface area contributed by atoms with Crippen LogP contribution in [-0.2, 0) is 0 Å². The van der Waals surface area contributed by atoms with Crippen LogP contribution in [0.3, 0.4) is 0 Å². The summed E-state index contributed by atoms with van der Waals surface area (Å²) in [4.78, 5) is 6.42. The average Bonchev–Trinajstić information content (AvgIpc) is 2.50. The molecule has 2 N–H and O–H groups in total. The summed E-state index contributed by atoms with van der Waals surface area (Å²) >= 11 is 0. The lowest BCUT2D eigenvalue weighted by Crippen LogP contribution is -2.42. The first-order valence-corrected chi connectivity index (χ1v) is 7.37. The second-order valence-corrected chi connectivity index (χ2v) is 5.10. The first-order chi connectivity index (χ1) is 10.1. The fourth-order valence-corrected chi connectivity index (χ4v) is 2.17. The quantitative estimate of drug-likeness (QED) is 0.404. The fraction of sp³-hybridized carbons (Fsp3) is 0.562. The number of likely N-dealkylation sites (N-methyl/N-ethyl adjacent to an activating group) is 1. The molecule has 0 aliphatic carbocycles. The van der Waals surface area contributed by atoms with Crippen LogP contribution < -0.4 is 15.4 Å². The summed E-state index contributed by atoms with van der Waals surface area (Å²) in [5.41, 5.74) is 1.17. The lowest BCUT2D eigenvalue weighted by molar-refractivity contribution is 0.288. The summed E-state index contributed by atoms with van der Waals surface area (Å²) < 4.78 is 5.47. The Bertz CT molecular complexity index is 452. The van der Waals surface area contributed by atoms with E-state index in [0.29, 0.717) is 0 Å². The second-order valence-electron chi connectivity index (χ2n) is 5.10. The third-order valence-corrected chi connectivity index (χ3v) is 3.35. The van der Waals surface area contributed by atoms with E-state index in [2.05, 4.69) is 47.6 Å². The van der Waals surface area contributed by atoms with Gasteiger partial charge in [0.05, 0.1) is 13.2 Å². The van der Waals surface area contributed by atoms with Crippen LogP contribution in [0, 0.1) is 0 Å². The number of aliphatic imine (C=N–C) groups is 1. The Morgan fingerprint density at radius 3 is 2.50 bits per heavy atom. The average molecular weight is 420 g/mol. The van der Waals surface area contributed by atoms with Gasteiger partial charge in [-0.15, -0.1) is 24.0 Å². The summed E-state index contributed by atoms with van der Waals surface area (Å²) in [5.74, 6) is 1.74. The number of rotatable bonds is 7. The summed E-state index contributed by atoms with van der Waals surface area (Å²) in [5, 5.41) is 6.66. The third kappa shape index (κ3) is 6.39. The van der Waals surface area contributed by atoms with Gasteiger partial charge in [-0.1, -0.05) is 25.1 Å². The molecule has 1 unspecified atom stereocenters. The molecule has 0 aliphatic rings. The molecule has 1 aromatic rings. The van der Waals surface area contributed by atoms with E-state index >= 15 is 0 Å². The maximum atomic E-state index is 5.47. The van der Waals surface area contributed by atoms with Crippen LogP contribution in [0.2, 0.25) is 0 Å². The van der Waals surface area contributed by atoms with E-state index in [1.807, 2.05) is 18.2 Å². The van der Waals surface area contributed by atoms with E-state index in [1.54, 1.807) is 14.2 Å². The highest BCUT2D eigenvalue weighted by Gasteiger charge is 2.18. The molecule has 1 aromatic carbocycles. The van der Waals surface area contributed by atoms with Gasteiger partial charge in [-0.05, 0) is 26.6 Å². The number of nitrogens with zero attached hydrogens (tertiary/aromatic N) is 2. The molecule has 6 heteroatoms. The Balaban J connectivity index is 0.00000441. The number of benzene rings is 1. The van der Waals surface area contributed by atoms with Crippen LogP contribution in [0.1, 0.15) is 24.9 Å². The van der Waals surface area contributed by atoms with Gasteiger partial charge >= 0.3 is 0 Å². The molecule has 1 atom stereocenters. The van der Waals surface area contributed by atoms with Gasteiger partial charge in [-0.25, -0.2) is 0 Å². The predicted octanol–water partition coefficient (Wildman–Crippen LogP) is 2.49. The number of hydrogen-bond acceptors (Lipinski definition) is 3. The summed E-state index contributed by atoms with van der Waals surface area (Å²) in [6, 6.07) is 8.34. The molecule has 22 heavy (non-hydrogen) atoms. The molecule has 0 aromatic heterocycles. The number of ether oxygens (including phenoxy) is 1. The highest BCUT2D eigenvalue weighted by atomic mass is 127. The van der Waals surface area contributed by atoms with Crippen molar-refractivity contribution in [2.75, 3.05) is 41.3 Å². The van der Waals surface area contributed by atoms with E-state index in [-0.39, 0.29) is 30.0 Å². The van der Waals surface area contributed by atoms with Crippen LogP contribution >= 0.6 is 24.0 Å². The van der Waals surface area contributed by atoms with Crippen LogP contribution in [-0.4, -0.2) is 52.2 Å². The SMILES string of the molecule is CCCNC(=NC)NCC(c1ccccc1OC)N(C)C.I. The zero-order valence-electron chi connectivity index (χ0n) is 14.2. The van der Waals surface area contributed by atoms with Crippen LogP contribution in [0.5, 0.6) is 5.75 Å². The normalized spacial score (nSPS) is 12.5. The highest BCUT2D eigenvalue weighted by Crippen LogP contribution is 2.27. The lowest BCUT2D eigenvalue weighted by atomic mass is 10.0. The van der Waals surface area contributed by atoms with E-state index in [0.717, 1.165) is 31.2 Å². The van der Waals surface area contributed by atoms with Crippen molar-refractivity contribution in [1.29, 1.82) is 0 Å². The number of guanidine groups is 1. The molecule has 0 fully saturated rings. The van der Waals surface area contributed by atoms with Gasteiger partial charge in [-0.2, -0.15) is 0 Å². The van der Waals surface area contributed by atoms with Crippen molar-refractivity contribution in [3.05, 3.63) is 29.8 Å². The fourth-order valence-electron chi connectivity index (χ4n) is 2.17. The molecule has 0 spiro atoms. The van der Waals surface area contributed by atoms with Crippen LogP contribution in [0.25, 0.3) is 0 Å². The Morgan fingerprint density at radius 2 is 1.95 bits per heavy atom. The number of hydrogen-bond donors (Lipinski definition) is 2. The summed E-state index contributed by atoms with van der Waals surface area (Å²) in [6.07, 6.45) is 1.07. The molecule has 126 valence electrons.